The largest absolute Gasteiger partial charge is 0.481 e. The molecule has 0 aromatic carbocycles. The van der Waals surface area contributed by atoms with Crippen LogP contribution >= 0.6 is 0 Å². The topological polar surface area (TPSA) is 54.4 Å². The third-order valence-corrected chi connectivity index (χ3v) is 2.48. The normalized spacial score (nSPS) is 13.2. The molecule has 0 saturated carbocycles. The summed E-state index contributed by atoms with van der Waals surface area (Å²) in [4.78, 5) is 22.4. The molecular weight excluding hydrogens is 192 g/mol. The summed E-state index contributed by atoms with van der Waals surface area (Å²) in [5.41, 5.74) is 0. The SMILES string of the molecule is CC(C)CCC(CC(=O)O)C(=O)C(C)C. The quantitative estimate of drug-likeness (QED) is 0.709. The van der Waals surface area contributed by atoms with Crippen LogP contribution in [-0.4, -0.2) is 16.9 Å². The van der Waals surface area contributed by atoms with Crippen LogP contribution in [0, 0.1) is 17.8 Å². The predicted molar refractivity (Wildman–Crippen MR) is 59.7 cm³/mol. The molecule has 0 aliphatic heterocycles. The number of aliphatic carboxylic acids is 1. The molecule has 0 spiro atoms. The van der Waals surface area contributed by atoms with Gasteiger partial charge >= 0.3 is 5.97 Å². The zero-order valence-electron chi connectivity index (χ0n) is 10.1. The molecule has 0 rings (SSSR count). The van der Waals surface area contributed by atoms with Crippen molar-refractivity contribution in [3.8, 4) is 0 Å². The molecule has 3 heteroatoms. The van der Waals surface area contributed by atoms with Gasteiger partial charge in [-0.05, 0) is 12.3 Å². The number of carboxylic acid groups (broad SMARTS) is 1. The lowest BCUT2D eigenvalue weighted by Gasteiger charge is -2.16. The van der Waals surface area contributed by atoms with Gasteiger partial charge in [-0.1, -0.05) is 34.1 Å². The van der Waals surface area contributed by atoms with Crippen LogP contribution in [0.5, 0.6) is 0 Å². The summed E-state index contributed by atoms with van der Waals surface area (Å²) in [6, 6.07) is 0. The summed E-state index contributed by atoms with van der Waals surface area (Å²) in [6.07, 6.45) is 1.58. The van der Waals surface area contributed by atoms with E-state index in [1.165, 1.54) is 0 Å². The molecule has 3 nitrogen and oxygen atoms in total. The lowest BCUT2D eigenvalue weighted by atomic mass is 9.87. The molecule has 0 bridgehead atoms. The molecule has 1 unspecified atom stereocenters. The van der Waals surface area contributed by atoms with Crippen molar-refractivity contribution >= 4 is 11.8 Å². The number of carbonyl (C=O) groups is 2. The summed E-state index contributed by atoms with van der Waals surface area (Å²) in [6.45, 7) is 7.81. The summed E-state index contributed by atoms with van der Waals surface area (Å²) < 4.78 is 0. The Labute approximate surface area is 91.9 Å². The average molecular weight is 214 g/mol. The second-order valence-corrected chi connectivity index (χ2v) is 4.82. The fourth-order valence-corrected chi connectivity index (χ4v) is 1.56. The first kappa shape index (κ1) is 14.1. The van der Waals surface area contributed by atoms with E-state index in [0.29, 0.717) is 12.3 Å². The fraction of sp³-hybridized carbons (Fsp3) is 0.833. The standard InChI is InChI=1S/C12H22O3/c1-8(2)5-6-10(7-11(13)14)12(15)9(3)4/h8-10H,5-7H2,1-4H3,(H,13,14). The van der Waals surface area contributed by atoms with Gasteiger partial charge in [0.05, 0.1) is 6.42 Å². The van der Waals surface area contributed by atoms with Gasteiger partial charge < -0.3 is 5.11 Å². The summed E-state index contributed by atoms with van der Waals surface area (Å²) >= 11 is 0. The molecule has 0 radical (unpaired) electrons. The van der Waals surface area contributed by atoms with Crippen molar-refractivity contribution in [2.45, 2.75) is 47.0 Å². The minimum Gasteiger partial charge on any atom is -0.481 e. The van der Waals surface area contributed by atoms with Crippen molar-refractivity contribution in [1.82, 2.24) is 0 Å². The smallest absolute Gasteiger partial charge is 0.304 e. The van der Waals surface area contributed by atoms with E-state index in [9.17, 15) is 9.59 Å². The molecule has 15 heavy (non-hydrogen) atoms. The molecular formula is C12H22O3. The Kier molecular flexibility index (Phi) is 6.21. The highest BCUT2D eigenvalue weighted by Gasteiger charge is 2.23. The van der Waals surface area contributed by atoms with Crippen molar-refractivity contribution in [3.05, 3.63) is 0 Å². The minimum atomic E-state index is -0.877. The molecule has 0 aromatic rings. The molecule has 0 aliphatic carbocycles. The Morgan fingerprint density at radius 2 is 1.60 bits per heavy atom. The highest BCUT2D eigenvalue weighted by Crippen LogP contribution is 2.20. The molecule has 0 aromatic heterocycles. The lowest BCUT2D eigenvalue weighted by Crippen LogP contribution is -2.23. The second-order valence-electron chi connectivity index (χ2n) is 4.82. The van der Waals surface area contributed by atoms with Crippen LogP contribution in [0.25, 0.3) is 0 Å². The molecule has 0 heterocycles. The zero-order valence-corrected chi connectivity index (χ0v) is 10.1. The van der Waals surface area contributed by atoms with Gasteiger partial charge in [0.2, 0.25) is 0 Å². The Morgan fingerprint density at radius 3 is 1.93 bits per heavy atom. The summed E-state index contributed by atoms with van der Waals surface area (Å²) in [5, 5.41) is 8.73. The van der Waals surface area contributed by atoms with Crippen LogP contribution < -0.4 is 0 Å². The maximum Gasteiger partial charge on any atom is 0.304 e. The number of carbonyl (C=O) groups excluding carboxylic acids is 1. The fourth-order valence-electron chi connectivity index (χ4n) is 1.56. The van der Waals surface area contributed by atoms with E-state index in [0.717, 1.165) is 6.42 Å². The van der Waals surface area contributed by atoms with E-state index < -0.39 is 5.97 Å². The zero-order chi connectivity index (χ0) is 12.0. The van der Waals surface area contributed by atoms with Crippen LogP contribution in [0.3, 0.4) is 0 Å². The predicted octanol–water partition coefficient (Wildman–Crippen LogP) is 2.74. The monoisotopic (exact) mass is 214 g/mol. The molecule has 0 amide bonds. The Morgan fingerprint density at radius 1 is 1.07 bits per heavy atom. The van der Waals surface area contributed by atoms with E-state index in [-0.39, 0.29) is 24.0 Å². The van der Waals surface area contributed by atoms with Crippen LogP contribution in [0.1, 0.15) is 47.0 Å². The molecule has 1 atom stereocenters. The third kappa shape index (κ3) is 6.26. The van der Waals surface area contributed by atoms with Crippen LogP contribution in [-0.2, 0) is 9.59 Å². The number of hydrogen-bond donors (Lipinski definition) is 1. The van der Waals surface area contributed by atoms with E-state index in [2.05, 4.69) is 13.8 Å². The van der Waals surface area contributed by atoms with Crippen molar-refractivity contribution in [2.24, 2.45) is 17.8 Å². The maximum absolute atomic E-state index is 11.7. The van der Waals surface area contributed by atoms with Gasteiger partial charge in [-0.15, -0.1) is 0 Å². The Bertz CT molecular complexity index is 219. The number of hydrogen-bond acceptors (Lipinski definition) is 2. The number of carboxylic acids is 1. The minimum absolute atomic E-state index is 0.0241. The van der Waals surface area contributed by atoms with Crippen molar-refractivity contribution in [2.75, 3.05) is 0 Å². The van der Waals surface area contributed by atoms with Gasteiger partial charge in [-0.3, -0.25) is 9.59 Å². The first-order valence-corrected chi connectivity index (χ1v) is 5.60. The van der Waals surface area contributed by atoms with Crippen LogP contribution in [0.4, 0.5) is 0 Å². The van der Waals surface area contributed by atoms with Crippen molar-refractivity contribution < 1.29 is 14.7 Å². The van der Waals surface area contributed by atoms with E-state index in [1.54, 1.807) is 0 Å². The van der Waals surface area contributed by atoms with Gasteiger partial charge in [-0.25, -0.2) is 0 Å². The number of Topliss-reactive ketones (excluding diaryl/α,β-unsaturated/α-hetero) is 1. The average Bonchev–Trinajstić information content (AvgIpc) is 2.10. The molecule has 1 N–H and O–H groups in total. The lowest BCUT2D eigenvalue weighted by molar-refractivity contribution is -0.141. The Hall–Kier alpha value is -0.860. The maximum atomic E-state index is 11.7. The van der Waals surface area contributed by atoms with Gasteiger partial charge in [0.1, 0.15) is 5.78 Å². The first-order valence-electron chi connectivity index (χ1n) is 5.60. The van der Waals surface area contributed by atoms with Crippen molar-refractivity contribution in [3.63, 3.8) is 0 Å². The first-order chi connectivity index (χ1) is 6.84. The van der Waals surface area contributed by atoms with E-state index in [4.69, 9.17) is 5.11 Å². The highest BCUT2D eigenvalue weighted by molar-refractivity contribution is 5.86. The van der Waals surface area contributed by atoms with Crippen LogP contribution in [0.2, 0.25) is 0 Å². The summed E-state index contributed by atoms with van der Waals surface area (Å²) in [7, 11) is 0. The Balaban J connectivity index is 4.30. The number of ketones is 1. The van der Waals surface area contributed by atoms with Crippen LogP contribution in [0.15, 0.2) is 0 Å². The highest BCUT2D eigenvalue weighted by atomic mass is 16.4. The van der Waals surface area contributed by atoms with Gasteiger partial charge in [0, 0.05) is 11.8 Å². The molecule has 0 fully saturated rings. The summed E-state index contributed by atoms with van der Waals surface area (Å²) in [5.74, 6) is -0.650. The number of rotatable bonds is 7. The van der Waals surface area contributed by atoms with Gasteiger partial charge in [-0.2, -0.15) is 0 Å². The molecule has 0 aliphatic rings. The molecule has 88 valence electrons. The third-order valence-electron chi connectivity index (χ3n) is 2.48. The van der Waals surface area contributed by atoms with Gasteiger partial charge in [0.25, 0.3) is 0 Å². The van der Waals surface area contributed by atoms with E-state index >= 15 is 0 Å². The van der Waals surface area contributed by atoms with Crippen molar-refractivity contribution in [1.29, 1.82) is 0 Å². The van der Waals surface area contributed by atoms with E-state index in [1.807, 2.05) is 13.8 Å². The second kappa shape index (κ2) is 6.59. The molecule has 0 saturated heterocycles. The van der Waals surface area contributed by atoms with Gasteiger partial charge in [0.15, 0.2) is 0 Å².